The molecule has 20 heavy (non-hydrogen) atoms. The van der Waals surface area contributed by atoms with Gasteiger partial charge in [-0.3, -0.25) is 4.98 Å². The summed E-state index contributed by atoms with van der Waals surface area (Å²) in [6, 6.07) is 6.71. The lowest BCUT2D eigenvalue weighted by Gasteiger charge is -2.17. The lowest BCUT2D eigenvalue weighted by molar-refractivity contribution is 0.906. The van der Waals surface area contributed by atoms with Gasteiger partial charge in [-0.1, -0.05) is 12.2 Å². The zero-order chi connectivity index (χ0) is 13.9. The first-order valence-electron chi connectivity index (χ1n) is 6.76. The van der Waals surface area contributed by atoms with E-state index < -0.39 is 0 Å². The molecule has 0 aromatic carbocycles. The van der Waals surface area contributed by atoms with Gasteiger partial charge < -0.3 is 9.47 Å². The van der Waals surface area contributed by atoms with E-state index in [0.29, 0.717) is 6.04 Å². The Kier molecular flexibility index (Phi) is 2.19. The highest BCUT2D eigenvalue weighted by molar-refractivity contribution is 6.06. The summed E-state index contributed by atoms with van der Waals surface area (Å²) in [5.74, 6) is 1.00. The van der Waals surface area contributed by atoms with Crippen LogP contribution in [0.4, 0.5) is 5.82 Å². The van der Waals surface area contributed by atoms with Crippen molar-refractivity contribution in [1.29, 1.82) is 0 Å². The van der Waals surface area contributed by atoms with E-state index in [1.54, 1.807) is 0 Å². The number of fused-ring (bicyclic) bond motifs is 3. The second-order valence-corrected chi connectivity index (χ2v) is 5.48. The highest BCUT2D eigenvalue weighted by Crippen LogP contribution is 2.35. The van der Waals surface area contributed by atoms with Gasteiger partial charge in [-0.25, -0.2) is 4.98 Å². The van der Waals surface area contributed by atoms with Crippen LogP contribution in [0.25, 0.3) is 21.9 Å². The smallest absolute Gasteiger partial charge is 0.143 e. The third kappa shape index (κ3) is 1.48. The molecule has 100 valence electrons. The average Bonchev–Trinajstić information content (AvgIpc) is 3.15. The average molecular weight is 264 g/mol. The van der Waals surface area contributed by atoms with E-state index >= 15 is 0 Å². The van der Waals surface area contributed by atoms with Crippen LogP contribution in [0.1, 0.15) is 6.42 Å². The molecule has 1 aliphatic rings. The molecule has 1 fully saturated rings. The summed E-state index contributed by atoms with van der Waals surface area (Å²) in [7, 11) is 4.14. The first-order chi connectivity index (χ1) is 9.66. The number of hydrogen-bond acceptors (Lipinski definition) is 3. The molecule has 3 aromatic rings. The fourth-order valence-corrected chi connectivity index (χ4v) is 2.86. The van der Waals surface area contributed by atoms with Crippen LogP contribution in [0.3, 0.4) is 0 Å². The Bertz CT molecular complexity index is 846. The van der Waals surface area contributed by atoms with Gasteiger partial charge in [0.15, 0.2) is 0 Å². The Morgan fingerprint density at radius 1 is 1.30 bits per heavy atom. The van der Waals surface area contributed by atoms with Gasteiger partial charge in [0, 0.05) is 37.3 Å². The van der Waals surface area contributed by atoms with Crippen molar-refractivity contribution >= 4 is 27.8 Å². The monoisotopic (exact) mass is 264 g/mol. The number of rotatable bonds is 2. The molecule has 0 amide bonds. The predicted octanol–water partition coefficient (Wildman–Crippen LogP) is 2.89. The number of nitrogens with zero attached hydrogens (tertiary/aromatic N) is 4. The van der Waals surface area contributed by atoms with Crippen molar-refractivity contribution < 1.29 is 0 Å². The van der Waals surface area contributed by atoms with Crippen LogP contribution in [0.5, 0.6) is 0 Å². The molecule has 4 nitrogen and oxygen atoms in total. The van der Waals surface area contributed by atoms with E-state index in [2.05, 4.69) is 47.3 Å². The molecule has 0 bridgehead atoms. The number of aromatic nitrogens is 3. The van der Waals surface area contributed by atoms with Crippen LogP contribution >= 0.6 is 0 Å². The predicted molar refractivity (Wildman–Crippen MR) is 82.0 cm³/mol. The van der Waals surface area contributed by atoms with E-state index in [0.717, 1.165) is 34.2 Å². The minimum Gasteiger partial charge on any atom is -0.353 e. The number of anilines is 1. The molecule has 1 aliphatic carbocycles. The molecule has 0 aliphatic heterocycles. The summed E-state index contributed by atoms with van der Waals surface area (Å²) in [5.41, 5.74) is 3.46. The fraction of sp³-hybridized carbons (Fsp3) is 0.250. The van der Waals surface area contributed by atoms with Crippen LogP contribution < -0.4 is 4.90 Å². The van der Waals surface area contributed by atoms with Gasteiger partial charge in [0.2, 0.25) is 0 Å². The molecule has 0 spiro atoms. The number of aryl methyl sites for hydroxylation is 1. The molecule has 3 aromatic heterocycles. The van der Waals surface area contributed by atoms with Gasteiger partial charge in [-0.2, -0.15) is 0 Å². The molecule has 0 saturated heterocycles. The molecule has 3 heterocycles. The van der Waals surface area contributed by atoms with Gasteiger partial charge in [0.05, 0.1) is 11.6 Å². The Hall–Kier alpha value is -2.36. The van der Waals surface area contributed by atoms with E-state index in [4.69, 9.17) is 4.98 Å². The third-order valence-corrected chi connectivity index (χ3v) is 4.22. The quantitative estimate of drug-likeness (QED) is 0.667. The van der Waals surface area contributed by atoms with Crippen LogP contribution in [-0.2, 0) is 7.05 Å². The Labute approximate surface area is 117 Å². The summed E-state index contributed by atoms with van der Waals surface area (Å²) >= 11 is 0. The van der Waals surface area contributed by atoms with Crippen LogP contribution in [-0.4, -0.2) is 27.6 Å². The summed E-state index contributed by atoms with van der Waals surface area (Å²) in [5, 5.41) is 2.31. The minimum absolute atomic E-state index is 0.455. The zero-order valence-electron chi connectivity index (χ0n) is 11.7. The lowest BCUT2D eigenvalue weighted by atomic mass is 10.2. The molecule has 4 heteroatoms. The molecule has 0 radical (unpaired) electrons. The van der Waals surface area contributed by atoms with Crippen LogP contribution in [0.15, 0.2) is 42.7 Å². The summed E-state index contributed by atoms with van der Waals surface area (Å²) in [4.78, 5) is 11.3. The van der Waals surface area contributed by atoms with Crippen molar-refractivity contribution in [3.63, 3.8) is 0 Å². The molecular weight excluding hydrogens is 248 g/mol. The molecule has 1 unspecified atom stereocenters. The highest BCUT2D eigenvalue weighted by atomic mass is 15.2. The van der Waals surface area contributed by atoms with Gasteiger partial charge in [-0.15, -0.1) is 0 Å². The molecule has 1 saturated carbocycles. The maximum Gasteiger partial charge on any atom is 0.143 e. The first kappa shape index (κ1) is 11.5. The third-order valence-electron chi connectivity index (χ3n) is 4.22. The van der Waals surface area contributed by atoms with Crippen LogP contribution in [0.2, 0.25) is 0 Å². The first-order valence-corrected chi connectivity index (χ1v) is 6.76. The number of hydrogen-bond donors (Lipinski definition) is 0. The highest BCUT2D eigenvalue weighted by Gasteiger charge is 2.32. The molecule has 4 rings (SSSR count). The van der Waals surface area contributed by atoms with Crippen molar-refractivity contribution in [1.82, 2.24) is 14.5 Å². The van der Waals surface area contributed by atoms with E-state index in [1.807, 2.05) is 18.5 Å². The minimum atomic E-state index is 0.455. The van der Waals surface area contributed by atoms with E-state index in [1.165, 1.54) is 5.57 Å². The number of likely N-dealkylation sites (N-methyl/N-ethyl adjacent to an activating group) is 1. The fourth-order valence-electron chi connectivity index (χ4n) is 2.86. The van der Waals surface area contributed by atoms with Gasteiger partial charge >= 0.3 is 0 Å². The molecular formula is C16H16N4. The Morgan fingerprint density at radius 3 is 2.85 bits per heavy atom. The largest absolute Gasteiger partial charge is 0.353 e. The summed E-state index contributed by atoms with van der Waals surface area (Å²) in [6.07, 6.45) is 4.81. The second kappa shape index (κ2) is 3.82. The number of pyridine rings is 2. The summed E-state index contributed by atoms with van der Waals surface area (Å²) in [6.45, 7) is 4.03. The van der Waals surface area contributed by atoms with Gasteiger partial charge in [0.1, 0.15) is 11.5 Å². The lowest BCUT2D eigenvalue weighted by Crippen LogP contribution is -2.20. The molecule has 1 atom stereocenters. The topological polar surface area (TPSA) is 34.0 Å². The van der Waals surface area contributed by atoms with Gasteiger partial charge in [-0.05, 0) is 24.6 Å². The Balaban J connectivity index is 1.93. The molecule has 0 N–H and O–H groups in total. The van der Waals surface area contributed by atoms with E-state index in [9.17, 15) is 0 Å². The van der Waals surface area contributed by atoms with Crippen LogP contribution in [0, 0.1) is 0 Å². The second-order valence-electron chi connectivity index (χ2n) is 5.48. The van der Waals surface area contributed by atoms with Crippen molar-refractivity contribution in [3.8, 4) is 0 Å². The van der Waals surface area contributed by atoms with Gasteiger partial charge in [0.25, 0.3) is 0 Å². The summed E-state index contributed by atoms with van der Waals surface area (Å²) < 4.78 is 2.13. The SMILES string of the molecule is C=C1CC1N(C)c1ccc2c3cnccc3n(C)c2n1. The Morgan fingerprint density at radius 2 is 2.10 bits per heavy atom. The zero-order valence-corrected chi connectivity index (χ0v) is 11.7. The normalized spacial score (nSPS) is 17.9. The maximum absolute atomic E-state index is 4.83. The van der Waals surface area contributed by atoms with Crippen molar-refractivity contribution in [2.75, 3.05) is 11.9 Å². The van der Waals surface area contributed by atoms with Crippen molar-refractivity contribution in [2.24, 2.45) is 7.05 Å². The maximum atomic E-state index is 4.83. The van der Waals surface area contributed by atoms with E-state index in [-0.39, 0.29) is 0 Å². The van der Waals surface area contributed by atoms with Crippen molar-refractivity contribution in [2.45, 2.75) is 12.5 Å². The van der Waals surface area contributed by atoms with Crippen molar-refractivity contribution in [3.05, 3.63) is 42.7 Å². The standard InChI is InChI=1S/C16H16N4/c1-10-8-14(10)19(2)15-5-4-11-12-9-17-7-6-13(12)20(3)16(11)18-15/h4-7,9,14H,1,8H2,2-3H3.